The first-order valence-electron chi connectivity index (χ1n) is 1.87. The van der Waals surface area contributed by atoms with Crippen LogP contribution >= 0.6 is 8.30 Å². The van der Waals surface area contributed by atoms with Gasteiger partial charge in [-0.15, -0.1) is 0 Å². The van der Waals surface area contributed by atoms with Gasteiger partial charge in [-0.05, 0) is 0 Å². The largest absolute Gasteiger partial charge is 0.359 e. The van der Waals surface area contributed by atoms with E-state index in [1.165, 1.54) is 0 Å². The molecule has 0 aliphatic rings. The summed E-state index contributed by atoms with van der Waals surface area (Å²) in [6, 6.07) is 0. The van der Waals surface area contributed by atoms with Crippen LogP contribution in [0.3, 0.4) is 0 Å². The van der Waals surface area contributed by atoms with Gasteiger partial charge < -0.3 is 4.89 Å². The van der Waals surface area contributed by atoms with Crippen LogP contribution < -0.4 is 5.50 Å². The number of hydrogen-bond acceptors (Lipinski definition) is 2. The third-order valence-corrected chi connectivity index (χ3v) is 1.59. The maximum Gasteiger partial charge on any atom is 0.0976 e. The molecular weight excluding hydrogens is 97.0 g/mol. The van der Waals surface area contributed by atoms with E-state index in [-0.39, 0.29) is 5.66 Å². The van der Waals surface area contributed by atoms with E-state index in [2.05, 4.69) is 0 Å². The summed E-state index contributed by atoms with van der Waals surface area (Å²) in [7, 11) is -1.16. The quantitative estimate of drug-likeness (QED) is 0.483. The molecule has 1 atom stereocenters. The van der Waals surface area contributed by atoms with E-state index in [0.29, 0.717) is 0 Å². The minimum Gasteiger partial charge on any atom is -0.359 e. The molecule has 2 nitrogen and oxygen atoms in total. The van der Waals surface area contributed by atoms with Crippen LogP contribution in [0.4, 0.5) is 0 Å². The molecule has 0 aliphatic heterocycles. The normalized spacial score (nSPS) is 15.5. The Labute approximate surface area is 39.2 Å². The Morgan fingerprint density at radius 3 is 1.83 bits per heavy atom. The summed E-state index contributed by atoms with van der Waals surface area (Å²) in [6.07, 6.45) is 0. The van der Waals surface area contributed by atoms with Crippen LogP contribution in [0, 0.1) is 0 Å². The second-order valence-electron chi connectivity index (χ2n) is 1.47. The third kappa shape index (κ3) is 2.58. The van der Waals surface area contributed by atoms with E-state index < -0.39 is 8.30 Å². The van der Waals surface area contributed by atoms with Crippen LogP contribution in [0.1, 0.15) is 13.8 Å². The number of nitrogens with two attached hydrogens (primary N) is 1. The third-order valence-electron chi connectivity index (χ3n) is 0.529. The Bertz CT molecular complexity index is 31.8. The maximum atomic E-state index is 8.47. The zero-order valence-electron chi connectivity index (χ0n) is 4.05. The zero-order valence-corrected chi connectivity index (χ0v) is 4.94. The highest BCUT2D eigenvalue weighted by Gasteiger charge is 1.98. The molecular formula is C3H10NOP. The van der Waals surface area contributed by atoms with Gasteiger partial charge in [-0.25, -0.2) is 0 Å². The molecule has 38 valence electrons. The van der Waals surface area contributed by atoms with Crippen LogP contribution in [0.15, 0.2) is 0 Å². The van der Waals surface area contributed by atoms with E-state index in [0.717, 1.165) is 0 Å². The minimum atomic E-state index is -1.16. The zero-order chi connectivity index (χ0) is 5.15. The molecule has 0 rings (SSSR count). The summed E-state index contributed by atoms with van der Waals surface area (Å²) < 4.78 is 0. The predicted octanol–water partition coefficient (Wildman–Crippen LogP) is 0.658. The molecule has 0 aliphatic carbocycles. The lowest BCUT2D eigenvalue weighted by Crippen LogP contribution is -1.98. The second-order valence-corrected chi connectivity index (χ2v) is 3.27. The Hall–Kier alpha value is 0.350. The number of hydrogen-bond donors (Lipinski definition) is 2. The SMILES string of the molecule is CC(C)P(N)O. The van der Waals surface area contributed by atoms with Gasteiger partial charge in [0.1, 0.15) is 0 Å². The molecule has 0 aromatic rings. The molecule has 0 aromatic carbocycles. The lowest BCUT2D eigenvalue weighted by molar-refractivity contribution is 0.614. The lowest BCUT2D eigenvalue weighted by Gasteiger charge is -2.03. The van der Waals surface area contributed by atoms with Gasteiger partial charge in [0.2, 0.25) is 0 Å². The Morgan fingerprint density at radius 2 is 1.83 bits per heavy atom. The van der Waals surface area contributed by atoms with Crippen LogP contribution in [0.5, 0.6) is 0 Å². The highest BCUT2D eigenvalue weighted by atomic mass is 31.2. The average Bonchev–Trinajstić information content (AvgIpc) is 1.36. The van der Waals surface area contributed by atoms with Crippen molar-refractivity contribution in [3.05, 3.63) is 0 Å². The van der Waals surface area contributed by atoms with E-state index in [4.69, 9.17) is 10.4 Å². The first kappa shape index (κ1) is 6.35. The van der Waals surface area contributed by atoms with Gasteiger partial charge in [0.05, 0.1) is 8.30 Å². The molecule has 0 heterocycles. The highest BCUT2D eigenvalue weighted by Crippen LogP contribution is 2.24. The van der Waals surface area contributed by atoms with E-state index >= 15 is 0 Å². The fourth-order valence-electron chi connectivity index (χ4n) is 0. The Morgan fingerprint density at radius 1 is 1.67 bits per heavy atom. The van der Waals surface area contributed by atoms with Crippen LogP contribution in [-0.4, -0.2) is 10.6 Å². The molecule has 0 amide bonds. The lowest BCUT2D eigenvalue weighted by atomic mass is 10.6. The summed E-state index contributed by atoms with van der Waals surface area (Å²) >= 11 is 0. The molecule has 0 bridgehead atoms. The molecule has 3 heteroatoms. The molecule has 0 saturated carbocycles. The minimum absolute atomic E-state index is 0.250. The van der Waals surface area contributed by atoms with Crippen molar-refractivity contribution in [1.29, 1.82) is 0 Å². The van der Waals surface area contributed by atoms with Crippen molar-refractivity contribution in [2.75, 3.05) is 0 Å². The summed E-state index contributed by atoms with van der Waals surface area (Å²) in [4.78, 5) is 8.47. The van der Waals surface area contributed by atoms with Crippen LogP contribution in [0.2, 0.25) is 0 Å². The van der Waals surface area contributed by atoms with Gasteiger partial charge in [0, 0.05) is 5.66 Å². The van der Waals surface area contributed by atoms with Gasteiger partial charge in [-0.3, -0.25) is 5.50 Å². The summed E-state index contributed by atoms with van der Waals surface area (Å²) in [5, 5.41) is 0. The molecule has 6 heavy (non-hydrogen) atoms. The highest BCUT2D eigenvalue weighted by molar-refractivity contribution is 7.49. The molecule has 0 aromatic heterocycles. The van der Waals surface area contributed by atoms with Crippen molar-refractivity contribution in [1.82, 2.24) is 0 Å². The molecule has 0 fully saturated rings. The average molecular weight is 107 g/mol. The first-order valence-corrected chi connectivity index (χ1v) is 3.30. The molecule has 1 unspecified atom stereocenters. The van der Waals surface area contributed by atoms with Crippen molar-refractivity contribution in [2.45, 2.75) is 19.5 Å². The van der Waals surface area contributed by atoms with Crippen LogP contribution in [-0.2, 0) is 0 Å². The van der Waals surface area contributed by atoms with Crippen molar-refractivity contribution in [3.63, 3.8) is 0 Å². The van der Waals surface area contributed by atoms with Gasteiger partial charge >= 0.3 is 0 Å². The Balaban J connectivity index is 2.99. The topological polar surface area (TPSA) is 46.2 Å². The van der Waals surface area contributed by atoms with Crippen molar-refractivity contribution >= 4 is 8.30 Å². The fraction of sp³-hybridized carbons (Fsp3) is 1.00. The second kappa shape index (κ2) is 2.51. The predicted molar refractivity (Wildman–Crippen MR) is 28.5 cm³/mol. The van der Waals surface area contributed by atoms with Crippen LogP contribution in [0.25, 0.3) is 0 Å². The molecule has 0 radical (unpaired) electrons. The van der Waals surface area contributed by atoms with Gasteiger partial charge in [0.25, 0.3) is 0 Å². The summed E-state index contributed by atoms with van der Waals surface area (Å²) in [6.45, 7) is 3.79. The summed E-state index contributed by atoms with van der Waals surface area (Å²) in [5.41, 5.74) is 5.31. The van der Waals surface area contributed by atoms with Gasteiger partial charge in [-0.2, -0.15) is 0 Å². The van der Waals surface area contributed by atoms with Crippen molar-refractivity contribution in [2.24, 2.45) is 5.50 Å². The maximum absolute atomic E-state index is 8.47. The molecule has 0 saturated heterocycles. The van der Waals surface area contributed by atoms with E-state index in [1.807, 2.05) is 13.8 Å². The van der Waals surface area contributed by atoms with Crippen molar-refractivity contribution in [3.8, 4) is 0 Å². The summed E-state index contributed by atoms with van der Waals surface area (Å²) in [5.74, 6) is 0. The monoisotopic (exact) mass is 107 g/mol. The van der Waals surface area contributed by atoms with Crippen molar-refractivity contribution < 1.29 is 4.89 Å². The van der Waals surface area contributed by atoms with Gasteiger partial charge in [0.15, 0.2) is 0 Å². The van der Waals surface area contributed by atoms with E-state index in [1.54, 1.807) is 0 Å². The molecule has 3 N–H and O–H groups in total. The Kier molecular flexibility index (Phi) is 2.66. The number of rotatable bonds is 1. The fourth-order valence-corrected chi connectivity index (χ4v) is 0. The van der Waals surface area contributed by atoms with E-state index in [9.17, 15) is 0 Å². The smallest absolute Gasteiger partial charge is 0.0976 e. The molecule has 0 spiro atoms. The van der Waals surface area contributed by atoms with Gasteiger partial charge in [-0.1, -0.05) is 13.8 Å². The first-order chi connectivity index (χ1) is 2.64. The standard InChI is InChI=1S/C3H10NOP/c1-3(2)6(4)5/h3,5H,4H2,1-2H3.